The maximum absolute atomic E-state index is 3.76. The summed E-state index contributed by atoms with van der Waals surface area (Å²) in [6.07, 6.45) is 8.09. The van der Waals surface area contributed by atoms with Gasteiger partial charge in [0, 0.05) is 16.6 Å². The van der Waals surface area contributed by atoms with Crippen molar-refractivity contribution in [3.05, 3.63) is 34.3 Å². The van der Waals surface area contributed by atoms with Gasteiger partial charge in [-0.05, 0) is 57.1 Å². The summed E-state index contributed by atoms with van der Waals surface area (Å²) < 4.78 is 1.26. The lowest BCUT2D eigenvalue weighted by Gasteiger charge is -2.40. The lowest BCUT2D eigenvalue weighted by Crippen LogP contribution is -2.45. The average molecular weight is 338 g/mol. The molecule has 2 rings (SSSR count). The Labute approximate surface area is 132 Å². The van der Waals surface area contributed by atoms with Gasteiger partial charge < -0.3 is 5.32 Å². The van der Waals surface area contributed by atoms with Gasteiger partial charge in [0.15, 0.2) is 0 Å². The molecular formula is C18H28BrN. The third kappa shape index (κ3) is 4.60. The molecule has 0 bridgehead atoms. The van der Waals surface area contributed by atoms with Gasteiger partial charge in [0.05, 0.1) is 0 Å². The Hall–Kier alpha value is -0.340. The number of rotatable bonds is 4. The number of hydrogen-bond acceptors (Lipinski definition) is 1. The molecule has 0 atom stereocenters. The van der Waals surface area contributed by atoms with E-state index in [9.17, 15) is 0 Å². The van der Waals surface area contributed by atoms with Crippen molar-refractivity contribution in [3.8, 4) is 0 Å². The standard InChI is InChI=1S/C18H28BrN/c1-17(2,3)20-14-18(11-7-4-8-12-18)13-15-9-5-6-10-16(15)19/h5-6,9-10,20H,4,7-8,11-14H2,1-3H3. The molecule has 20 heavy (non-hydrogen) atoms. The quantitative estimate of drug-likeness (QED) is 0.782. The molecule has 1 aromatic carbocycles. The molecule has 1 aliphatic carbocycles. The molecule has 1 aliphatic rings. The van der Waals surface area contributed by atoms with Crippen LogP contribution < -0.4 is 5.32 Å². The van der Waals surface area contributed by atoms with Crippen LogP contribution in [-0.2, 0) is 6.42 Å². The van der Waals surface area contributed by atoms with Gasteiger partial charge in [-0.2, -0.15) is 0 Å². The van der Waals surface area contributed by atoms with Crippen LogP contribution in [0.2, 0.25) is 0 Å². The molecule has 1 nitrogen and oxygen atoms in total. The summed E-state index contributed by atoms with van der Waals surface area (Å²) in [4.78, 5) is 0. The largest absolute Gasteiger partial charge is 0.312 e. The summed E-state index contributed by atoms with van der Waals surface area (Å²) in [5, 5.41) is 3.76. The van der Waals surface area contributed by atoms with Crippen LogP contribution in [0.25, 0.3) is 0 Å². The van der Waals surface area contributed by atoms with Crippen molar-refractivity contribution >= 4 is 15.9 Å². The van der Waals surface area contributed by atoms with Crippen LogP contribution in [-0.4, -0.2) is 12.1 Å². The second-order valence-corrected chi connectivity index (χ2v) is 8.29. The highest BCUT2D eigenvalue weighted by molar-refractivity contribution is 9.10. The molecule has 0 amide bonds. The lowest BCUT2D eigenvalue weighted by atomic mass is 9.70. The van der Waals surface area contributed by atoms with E-state index in [1.165, 1.54) is 48.6 Å². The van der Waals surface area contributed by atoms with Crippen molar-refractivity contribution in [1.29, 1.82) is 0 Å². The van der Waals surface area contributed by atoms with E-state index in [4.69, 9.17) is 0 Å². The maximum atomic E-state index is 3.76. The Morgan fingerprint density at radius 3 is 2.35 bits per heavy atom. The van der Waals surface area contributed by atoms with Crippen LogP contribution in [0.1, 0.15) is 58.4 Å². The van der Waals surface area contributed by atoms with E-state index in [2.05, 4.69) is 66.3 Å². The van der Waals surface area contributed by atoms with E-state index >= 15 is 0 Å². The van der Waals surface area contributed by atoms with Crippen LogP contribution in [0.15, 0.2) is 28.7 Å². The fourth-order valence-corrected chi connectivity index (χ4v) is 3.64. The van der Waals surface area contributed by atoms with Crippen LogP contribution in [0.3, 0.4) is 0 Å². The van der Waals surface area contributed by atoms with Crippen LogP contribution in [0, 0.1) is 5.41 Å². The second-order valence-electron chi connectivity index (χ2n) is 7.43. The first-order chi connectivity index (χ1) is 9.40. The Morgan fingerprint density at radius 2 is 1.75 bits per heavy atom. The zero-order valence-corrected chi connectivity index (χ0v) is 14.7. The third-order valence-corrected chi connectivity index (χ3v) is 5.20. The summed E-state index contributed by atoms with van der Waals surface area (Å²) in [5.74, 6) is 0. The van der Waals surface area contributed by atoms with E-state index in [0.29, 0.717) is 5.41 Å². The summed E-state index contributed by atoms with van der Waals surface area (Å²) >= 11 is 3.72. The molecule has 0 aromatic heterocycles. The first kappa shape index (κ1) is 16.0. The van der Waals surface area contributed by atoms with Gasteiger partial charge in [0.2, 0.25) is 0 Å². The number of nitrogens with one attached hydrogen (secondary N) is 1. The normalized spacial score (nSPS) is 19.0. The van der Waals surface area contributed by atoms with Crippen molar-refractivity contribution < 1.29 is 0 Å². The maximum Gasteiger partial charge on any atom is 0.0207 e. The van der Waals surface area contributed by atoms with Crippen LogP contribution >= 0.6 is 15.9 Å². The van der Waals surface area contributed by atoms with Crippen molar-refractivity contribution in [3.63, 3.8) is 0 Å². The fourth-order valence-electron chi connectivity index (χ4n) is 3.22. The molecule has 1 aromatic rings. The Balaban J connectivity index is 2.12. The first-order valence-electron chi connectivity index (χ1n) is 7.89. The second kappa shape index (κ2) is 6.62. The monoisotopic (exact) mass is 337 g/mol. The van der Waals surface area contributed by atoms with Gasteiger partial charge in [-0.15, -0.1) is 0 Å². The molecule has 2 heteroatoms. The fraction of sp³-hybridized carbons (Fsp3) is 0.667. The molecule has 1 saturated carbocycles. The molecule has 0 radical (unpaired) electrons. The molecule has 112 valence electrons. The van der Waals surface area contributed by atoms with Gasteiger partial charge in [-0.25, -0.2) is 0 Å². The highest BCUT2D eigenvalue weighted by Crippen LogP contribution is 2.40. The molecule has 0 spiro atoms. The molecule has 0 unspecified atom stereocenters. The number of benzene rings is 1. The van der Waals surface area contributed by atoms with Gasteiger partial charge in [-0.1, -0.05) is 53.4 Å². The molecule has 1 fully saturated rings. The van der Waals surface area contributed by atoms with E-state index < -0.39 is 0 Å². The van der Waals surface area contributed by atoms with E-state index in [-0.39, 0.29) is 5.54 Å². The van der Waals surface area contributed by atoms with Gasteiger partial charge in [0.25, 0.3) is 0 Å². The highest BCUT2D eigenvalue weighted by atomic mass is 79.9. The minimum atomic E-state index is 0.207. The SMILES string of the molecule is CC(C)(C)NCC1(Cc2ccccc2Br)CCCCC1. The van der Waals surface area contributed by atoms with Gasteiger partial charge in [0.1, 0.15) is 0 Å². The predicted molar refractivity (Wildman–Crippen MR) is 91.1 cm³/mol. The number of halogens is 1. The van der Waals surface area contributed by atoms with Crippen molar-refractivity contribution in [2.45, 2.75) is 64.8 Å². The predicted octanol–water partition coefficient (Wildman–Crippen LogP) is 5.33. The van der Waals surface area contributed by atoms with Crippen molar-refractivity contribution in [1.82, 2.24) is 5.32 Å². The lowest BCUT2D eigenvalue weighted by molar-refractivity contribution is 0.165. The smallest absolute Gasteiger partial charge is 0.0207 e. The Morgan fingerprint density at radius 1 is 1.10 bits per heavy atom. The zero-order valence-electron chi connectivity index (χ0n) is 13.1. The van der Waals surface area contributed by atoms with Gasteiger partial charge >= 0.3 is 0 Å². The molecule has 0 aliphatic heterocycles. The Bertz CT molecular complexity index is 427. The van der Waals surface area contributed by atoms with Gasteiger partial charge in [-0.3, -0.25) is 0 Å². The van der Waals surface area contributed by atoms with Crippen molar-refractivity contribution in [2.24, 2.45) is 5.41 Å². The van der Waals surface area contributed by atoms with Crippen molar-refractivity contribution in [2.75, 3.05) is 6.54 Å². The summed E-state index contributed by atoms with van der Waals surface area (Å²) in [5.41, 5.74) is 2.11. The molecule has 1 N–H and O–H groups in total. The third-order valence-electron chi connectivity index (χ3n) is 4.43. The molecular weight excluding hydrogens is 310 g/mol. The van der Waals surface area contributed by atoms with E-state index in [1.807, 2.05) is 0 Å². The summed E-state index contributed by atoms with van der Waals surface area (Å²) in [6, 6.07) is 8.71. The molecule has 0 heterocycles. The zero-order chi connectivity index (χ0) is 14.6. The minimum Gasteiger partial charge on any atom is -0.312 e. The van der Waals surface area contributed by atoms with Crippen LogP contribution in [0.5, 0.6) is 0 Å². The average Bonchev–Trinajstić information content (AvgIpc) is 2.40. The summed E-state index contributed by atoms with van der Waals surface area (Å²) in [6.45, 7) is 7.93. The number of hydrogen-bond donors (Lipinski definition) is 1. The van der Waals surface area contributed by atoms with E-state index in [0.717, 1.165) is 6.54 Å². The topological polar surface area (TPSA) is 12.0 Å². The van der Waals surface area contributed by atoms with E-state index in [1.54, 1.807) is 0 Å². The first-order valence-corrected chi connectivity index (χ1v) is 8.68. The summed E-state index contributed by atoms with van der Waals surface area (Å²) in [7, 11) is 0. The minimum absolute atomic E-state index is 0.207. The highest BCUT2D eigenvalue weighted by Gasteiger charge is 2.33. The molecule has 0 saturated heterocycles. The Kier molecular flexibility index (Phi) is 5.30. The van der Waals surface area contributed by atoms with Crippen LogP contribution in [0.4, 0.5) is 0 Å².